The van der Waals surface area contributed by atoms with Crippen LogP contribution in [0.2, 0.25) is 0 Å². The predicted molar refractivity (Wildman–Crippen MR) is 48.2 cm³/mol. The highest BCUT2D eigenvalue weighted by molar-refractivity contribution is 7.10. The summed E-state index contributed by atoms with van der Waals surface area (Å²) in [7, 11) is 1.56. The van der Waals surface area contributed by atoms with Gasteiger partial charge in [0.15, 0.2) is 0 Å². The summed E-state index contributed by atoms with van der Waals surface area (Å²) < 4.78 is 27.9. The van der Waals surface area contributed by atoms with E-state index in [1.807, 2.05) is 0 Å². The molecule has 0 rings (SSSR count). The number of ketones is 1. The zero-order valence-electron chi connectivity index (χ0n) is 6.94. The second-order valence-corrected chi connectivity index (χ2v) is 2.27. The average Bonchev–Trinajstić information content (AvgIpc) is 2.17. The first-order chi connectivity index (χ1) is 6.54. The molecule has 0 aliphatic rings. The molecule has 0 spiro atoms. The molecule has 0 aromatic rings. The van der Waals surface area contributed by atoms with Crippen LogP contribution >= 0.6 is 9.47 Å². The fraction of sp³-hybridized carbons (Fsp3) is 0.143. The molecule has 0 saturated heterocycles. The zero-order valence-corrected chi connectivity index (χ0v) is 8.10. The summed E-state index contributed by atoms with van der Waals surface area (Å²) in [5.74, 6) is -2.76. The lowest BCUT2D eigenvalue weighted by Gasteiger charge is -2.01. The van der Waals surface area contributed by atoms with E-state index in [4.69, 9.17) is 5.73 Å². The number of rotatable bonds is 4. The van der Waals surface area contributed by atoms with Gasteiger partial charge in [0.1, 0.15) is 5.57 Å². The molecule has 0 saturated carbocycles. The van der Waals surface area contributed by atoms with Gasteiger partial charge in [-0.25, -0.2) is 13.6 Å². The maximum atomic E-state index is 11.9. The Kier molecular flexibility index (Phi) is 5.64. The van der Waals surface area contributed by atoms with Crippen LogP contribution in [-0.2, 0) is 14.1 Å². The van der Waals surface area contributed by atoms with Gasteiger partial charge in [0, 0.05) is 0 Å². The van der Waals surface area contributed by atoms with Crippen LogP contribution in [0.3, 0.4) is 0 Å². The molecule has 0 bridgehead atoms. The summed E-state index contributed by atoms with van der Waals surface area (Å²) in [5.41, 5.74) is 4.16. The topological polar surface area (TPSA) is 69.4 Å². The van der Waals surface area contributed by atoms with Gasteiger partial charge in [0.05, 0.1) is 9.47 Å². The molecule has 0 fully saturated rings. The lowest BCUT2D eigenvalue weighted by molar-refractivity contribution is -0.134. The Labute approximate surface area is 81.1 Å². The Morgan fingerprint density at radius 3 is 2.36 bits per heavy atom. The van der Waals surface area contributed by atoms with E-state index in [1.54, 1.807) is 9.47 Å². The molecule has 0 aliphatic carbocycles. The Balaban J connectivity index is 4.91. The third kappa shape index (κ3) is 3.62. The highest BCUT2D eigenvalue weighted by Crippen LogP contribution is 2.09. The molecule has 0 aliphatic heterocycles. The van der Waals surface area contributed by atoms with E-state index in [0.717, 1.165) is 18.4 Å². The van der Waals surface area contributed by atoms with Crippen molar-refractivity contribution in [2.75, 3.05) is 0 Å². The Hall–Kier alpha value is -1.29. The molecule has 0 radical (unpaired) electrons. The number of hydrogen-bond donors (Lipinski definition) is 1. The molecule has 14 heavy (non-hydrogen) atoms. The monoisotopic (exact) mass is 223 g/mol. The minimum Gasteiger partial charge on any atom is -0.448 e. The van der Waals surface area contributed by atoms with Crippen molar-refractivity contribution in [1.29, 1.82) is 0 Å². The lowest BCUT2D eigenvalue weighted by Crippen LogP contribution is -2.19. The summed E-state index contributed by atoms with van der Waals surface area (Å²) in [5, 5.41) is 0. The highest BCUT2D eigenvalue weighted by atomic mass is 31.0. The van der Waals surface area contributed by atoms with Crippen molar-refractivity contribution in [1.82, 2.24) is 0 Å². The number of allylic oxidation sites excluding steroid dienone is 2. The molecule has 7 heteroatoms. The van der Waals surface area contributed by atoms with Crippen molar-refractivity contribution in [2.45, 2.75) is 6.43 Å². The molecule has 0 heterocycles. The molecular formula is C7H8F2NO3P. The van der Waals surface area contributed by atoms with Gasteiger partial charge in [0.2, 0.25) is 5.78 Å². The molecule has 1 atom stereocenters. The minimum atomic E-state index is -3.25. The third-order valence-corrected chi connectivity index (χ3v) is 1.38. The fourth-order valence-corrected chi connectivity index (χ4v) is 0.711. The maximum Gasteiger partial charge on any atom is 0.344 e. The number of carbonyl (C=O) groups is 2. The highest BCUT2D eigenvalue weighted by Gasteiger charge is 2.26. The number of Topliss-reactive ketones (excluding diaryl/α,β-unsaturated/α-hetero) is 1. The number of nitrogens with two attached hydrogens (primary N) is 1. The fourth-order valence-electron chi connectivity index (χ4n) is 0.584. The first kappa shape index (κ1) is 12.7. The van der Waals surface area contributed by atoms with Crippen LogP contribution in [0.15, 0.2) is 23.9 Å². The van der Waals surface area contributed by atoms with Crippen LogP contribution in [0, 0.1) is 0 Å². The minimum absolute atomic E-state index is 0.753. The normalized spacial score (nSPS) is 12.1. The Morgan fingerprint density at radius 2 is 2.00 bits per heavy atom. The van der Waals surface area contributed by atoms with Crippen molar-refractivity contribution < 1.29 is 22.9 Å². The van der Waals surface area contributed by atoms with Gasteiger partial charge in [-0.1, -0.05) is 0 Å². The van der Waals surface area contributed by atoms with Crippen LogP contribution in [0.1, 0.15) is 0 Å². The lowest BCUT2D eigenvalue weighted by atomic mass is 10.1. The number of carbonyl (C=O) groups excluding carboxylic acids is 2. The van der Waals surface area contributed by atoms with Gasteiger partial charge in [0.25, 0.3) is 0 Å². The van der Waals surface area contributed by atoms with Gasteiger partial charge in [-0.2, -0.15) is 0 Å². The van der Waals surface area contributed by atoms with E-state index in [1.165, 1.54) is 0 Å². The van der Waals surface area contributed by atoms with Gasteiger partial charge in [-0.15, -0.1) is 0 Å². The number of alkyl halides is 2. The van der Waals surface area contributed by atoms with Crippen molar-refractivity contribution in [3.05, 3.63) is 23.9 Å². The Morgan fingerprint density at radius 1 is 1.43 bits per heavy atom. The standard InChI is InChI=1S/C7H8F2NO3P/c8-6(9)5(11)4(2-1-3-10)7(12)13-14/h1-3,6H,10,14H2/b3-1+,4-2-. The first-order valence-corrected chi connectivity index (χ1v) is 3.83. The van der Waals surface area contributed by atoms with Gasteiger partial charge in [-0.05, 0) is 18.4 Å². The van der Waals surface area contributed by atoms with Crippen molar-refractivity contribution >= 4 is 21.2 Å². The van der Waals surface area contributed by atoms with Crippen LogP contribution in [-0.4, -0.2) is 18.2 Å². The summed E-state index contributed by atoms with van der Waals surface area (Å²) >= 11 is 0. The SMILES string of the molecule is N/C=C/C=C(\C(=O)OP)C(=O)C(F)F. The van der Waals surface area contributed by atoms with Crippen LogP contribution in [0.25, 0.3) is 0 Å². The predicted octanol–water partition coefficient (Wildman–Crippen LogP) is 0.553. The van der Waals surface area contributed by atoms with Crippen molar-refractivity contribution in [3.63, 3.8) is 0 Å². The zero-order chi connectivity index (χ0) is 11.1. The molecule has 78 valence electrons. The van der Waals surface area contributed by atoms with E-state index >= 15 is 0 Å². The van der Waals surface area contributed by atoms with Gasteiger partial charge < -0.3 is 10.3 Å². The van der Waals surface area contributed by atoms with E-state index in [9.17, 15) is 18.4 Å². The van der Waals surface area contributed by atoms with E-state index < -0.39 is 23.8 Å². The molecule has 0 aromatic heterocycles. The summed E-state index contributed by atoms with van der Waals surface area (Å²) in [6.45, 7) is 0. The average molecular weight is 223 g/mol. The Bertz CT molecular complexity index is 289. The van der Waals surface area contributed by atoms with Crippen LogP contribution in [0.5, 0.6) is 0 Å². The maximum absolute atomic E-state index is 11.9. The van der Waals surface area contributed by atoms with Gasteiger partial charge in [-0.3, -0.25) is 4.79 Å². The molecule has 2 N–H and O–H groups in total. The van der Waals surface area contributed by atoms with E-state index in [0.29, 0.717) is 0 Å². The molecule has 1 unspecified atom stereocenters. The number of hydrogen-bond acceptors (Lipinski definition) is 4. The van der Waals surface area contributed by atoms with Crippen LogP contribution in [0.4, 0.5) is 8.78 Å². The smallest absolute Gasteiger partial charge is 0.344 e. The van der Waals surface area contributed by atoms with Crippen LogP contribution < -0.4 is 5.73 Å². The second kappa shape index (κ2) is 6.21. The van der Waals surface area contributed by atoms with Crippen molar-refractivity contribution in [2.24, 2.45) is 5.73 Å². The van der Waals surface area contributed by atoms with Crippen molar-refractivity contribution in [3.8, 4) is 0 Å². The molecular weight excluding hydrogens is 215 g/mol. The molecule has 0 amide bonds. The van der Waals surface area contributed by atoms with Gasteiger partial charge >= 0.3 is 12.4 Å². The number of halogens is 2. The van der Waals surface area contributed by atoms with E-state index in [-0.39, 0.29) is 0 Å². The quantitative estimate of drug-likeness (QED) is 0.248. The summed E-state index contributed by atoms with van der Waals surface area (Å²) in [6.07, 6.45) is -0.316. The first-order valence-electron chi connectivity index (χ1n) is 3.36. The summed E-state index contributed by atoms with van der Waals surface area (Å²) in [4.78, 5) is 21.6. The largest absolute Gasteiger partial charge is 0.448 e. The second-order valence-electron chi connectivity index (χ2n) is 2.04. The molecule has 0 aromatic carbocycles. The third-order valence-electron chi connectivity index (χ3n) is 1.16. The van der Waals surface area contributed by atoms with E-state index in [2.05, 4.69) is 4.52 Å². The molecule has 4 nitrogen and oxygen atoms in total. The summed E-state index contributed by atoms with van der Waals surface area (Å²) in [6, 6.07) is 0.